The SMILES string of the molecule is C[C@H](Sc1nnc(C2CC2)n1-c1ccccc1)C(=O)N1c2ccccc2NC(=O)C1(C)C. The van der Waals surface area contributed by atoms with E-state index in [0.717, 1.165) is 24.4 Å². The van der Waals surface area contributed by atoms with E-state index in [1.807, 2.05) is 61.5 Å². The Labute approximate surface area is 191 Å². The highest BCUT2D eigenvalue weighted by molar-refractivity contribution is 8.00. The van der Waals surface area contributed by atoms with Crippen LogP contribution in [0, 0.1) is 0 Å². The van der Waals surface area contributed by atoms with Gasteiger partial charge in [-0.3, -0.25) is 19.1 Å². The number of hydrogen-bond donors (Lipinski definition) is 1. The number of anilines is 2. The molecule has 3 aromatic rings. The number of nitrogens with one attached hydrogen (secondary N) is 1. The van der Waals surface area contributed by atoms with Crippen molar-refractivity contribution >= 4 is 35.0 Å². The van der Waals surface area contributed by atoms with E-state index in [4.69, 9.17) is 0 Å². The minimum atomic E-state index is -1.01. The van der Waals surface area contributed by atoms with Crippen LogP contribution in [-0.4, -0.2) is 37.4 Å². The molecule has 2 aromatic carbocycles. The molecule has 8 heteroatoms. The summed E-state index contributed by atoms with van der Waals surface area (Å²) in [4.78, 5) is 28.1. The average Bonchev–Trinajstić information content (AvgIpc) is 3.55. The van der Waals surface area contributed by atoms with Gasteiger partial charge in [-0.2, -0.15) is 0 Å². The van der Waals surface area contributed by atoms with E-state index in [0.29, 0.717) is 22.4 Å². The Morgan fingerprint density at radius 3 is 2.50 bits per heavy atom. The lowest BCUT2D eigenvalue weighted by atomic mass is 9.96. The molecule has 1 aliphatic heterocycles. The van der Waals surface area contributed by atoms with Gasteiger partial charge >= 0.3 is 0 Å². The highest BCUT2D eigenvalue weighted by Gasteiger charge is 2.45. The zero-order chi connectivity index (χ0) is 22.5. The van der Waals surface area contributed by atoms with Gasteiger partial charge in [0, 0.05) is 11.6 Å². The summed E-state index contributed by atoms with van der Waals surface area (Å²) in [7, 11) is 0. The van der Waals surface area contributed by atoms with Crippen LogP contribution in [0.15, 0.2) is 59.8 Å². The minimum absolute atomic E-state index is 0.141. The van der Waals surface area contributed by atoms with Crippen LogP contribution in [0.3, 0.4) is 0 Å². The Balaban J connectivity index is 1.48. The summed E-state index contributed by atoms with van der Waals surface area (Å²) in [6.07, 6.45) is 2.22. The first-order valence-corrected chi connectivity index (χ1v) is 11.7. The van der Waals surface area contributed by atoms with Crippen molar-refractivity contribution in [3.05, 3.63) is 60.4 Å². The molecule has 0 bridgehead atoms. The maximum atomic E-state index is 13.7. The highest BCUT2D eigenvalue weighted by Crippen LogP contribution is 2.42. The van der Waals surface area contributed by atoms with E-state index < -0.39 is 10.8 Å². The summed E-state index contributed by atoms with van der Waals surface area (Å²) in [6.45, 7) is 5.40. The van der Waals surface area contributed by atoms with E-state index in [2.05, 4.69) is 20.1 Å². The number of benzene rings is 2. The number of para-hydroxylation sites is 3. The Morgan fingerprint density at radius 1 is 1.09 bits per heavy atom. The van der Waals surface area contributed by atoms with Crippen LogP contribution in [0.4, 0.5) is 11.4 Å². The van der Waals surface area contributed by atoms with Gasteiger partial charge in [0.2, 0.25) is 11.8 Å². The second kappa shape index (κ2) is 7.78. The van der Waals surface area contributed by atoms with Gasteiger partial charge in [0.05, 0.1) is 16.6 Å². The summed E-state index contributed by atoms with van der Waals surface area (Å²) in [5.74, 6) is 1.02. The molecule has 5 rings (SSSR count). The number of fused-ring (bicyclic) bond motifs is 1. The van der Waals surface area contributed by atoms with Crippen LogP contribution in [0.2, 0.25) is 0 Å². The third-order valence-electron chi connectivity index (χ3n) is 5.97. The number of aromatic nitrogens is 3. The molecule has 164 valence electrons. The first-order valence-electron chi connectivity index (χ1n) is 10.8. The molecule has 32 heavy (non-hydrogen) atoms. The van der Waals surface area contributed by atoms with E-state index in [9.17, 15) is 9.59 Å². The number of amides is 2. The molecule has 2 heterocycles. The molecule has 0 unspecified atom stereocenters. The topological polar surface area (TPSA) is 80.1 Å². The zero-order valence-corrected chi connectivity index (χ0v) is 19.1. The standard InChI is InChI=1S/C24H25N5O2S/c1-15(21(30)29-19-12-8-7-11-18(19)25-22(31)24(29,2)3)32-23-27-26-20(16-13-14-16)28(23)17-9-5-4-6-10-17/h4-12,15-16H,13-14H2,1-3H3,(H,25,31)/t15-/m0/s1. The molecule has 1 N–H and O–H groups in total. The number of nitrogens with zero attached hydrogens (tertiary/aromatic N) is 4. The summed E-state index contributed by atoms with van der Waals surface area (Å²) >= 11 is 1.38. The molecular weight excluding hydrogens is 422 g/mol. The lowest BCUT2D eigenvalue weighted by molar-refractivity contribution is -0.126. The van der Waals surface area contributed by atoms with Crippen LogP contribution in [0.5, 0.6) is 0 Å². The fourth-order valence-electron chi connectivity index (χ4n) is 4.02. The van der Waals surface area contributed by atoms with Crippen molar-refractivity contribution in [2.75, 3.05) is 10.2 Å². The van der Waals surface area contributed by atoms with Crippen molar-refractivity contribution in [2.24, 2.45) is 0 Å². The lowest BCUT2D eigenvalue weighted by Gasteiger charge is -2.43. The Bertz CT molecular complexity index is 1190. The van der Waals surface area contributed by atoms with Crippen molar-refractivity contribution in [3.63, 3.8) is 0 Å². The molecule has 0 saturated heterocycles. The maximum absolute atomic E-state index is 13.7. The summed E-state index contributed by atoms with van der Waals surface area (Å²) in [5, 5.41) is 12.0. The van der Waals surface area contributed by atoms with Crippen LogP contribution in [0.1, 0.15) is 45.4 Å². The van der Waals surface area contributed by atoms with Crippen LogP contribution in [-0.2, 0) is 9.59 Å². The van der Waals surface area contributed by atoms with Gasteiger partial charge in [-0.15, -0.1) is 10.2 Å². The van der Waals surface area contributed by atoms with Crippen molar-refractivity contribution in [1.29, 1.82) is 0 Å². The third kappa shape index (κ3) is 3.48. The van der Waals surface area contributed by atoms with E-state index >= 15 is 0 Å². The fraction of sp³-hybridized carbons (Fsp3) is 0.333. The van der Waals surface area contributed by atoms with Gasteiger partial charge in [-0.05, 0) is 57.9 Å². The second-order valence-electron chi connectivity index (χ2n) is 8.75. The first-order chi connectivity index (χ1) is 15.4. The van der Waals surface area contributed by atoms with Crippen molar-refractivity contribution in [3.8, 4) is 5.69 Å². The highest BCUT2D eigenvalue weighted by atomic mass is 32.2. The second-order valence-corrected chi connectivity index (χ2v) is 10.1. The van der Waals surface area contributed by atoms with E-state index in [-0.39, 0.29) is 11.8 Å². The molecule has 0 radical (unpaired) electrons. The first kappa shape index (κ1) is 20.8. The van der Waals surface area contributed by atoms with Crippen molar-refractivity contribution < 1.29 is 9.59 Å². The van der Waals surface area contributed by atoms with Gasteiger partial charge in [0.1, 0.15) is 11.4 Å². The Morgan fingerprint density at radius 2 is 1.78 bits per heavy atom. The van der Waals surface area contributed by atoms with Crippen LogP contribution in [0.25, 0.3) is 5.69 Å². The summed E-state index contributed by atoms with van der Waals surface area (Å²) < 4.78 is 2.06. The molecule has 7 nitrogen and oxygen atoms in total. The Hall–Kier alpha value is -3.13. The third-order valence-corrected chi connectivity index (χ3v) is 7.00. The smallest absolute Gasteiger partial charge is 0.250 e. The van der Waals surface area contributed by atoms with E-state index in [1.54, 1.807) is 18.7 Å². The largest absolute Gasteiger partial charge is 0.322 e. The number of rotatable bonds is 5. The van der Waals surface area contributed by atoms with Crippen molar-refractivity contribution in [1.82, 2.24) is 14.8 Å². The molecule has 1 aliphatic carbocycles. The predicted octanol–water partition coefficient (Wildman–Crippen LogP) is 4.39. The molecule has 2 amide bonds. The van der Waals surface area contributed by atoms with Crippen LogP contribution >= 0.6 is 11.8 Å². The molecule has 0 spiro atoms. The summed E-state index contributed by atoms with van der Waals surface area (Å²) in [6, 6.07) is 17.4. The monoisotopic (exact) mass is 447 g/mol. The number of thioether (sulfide) groups is 1. The Kier molecular flexibility index (Phi) is 5.04. The maximum Gasteiger partial charge on any atom is 0.250 e. The van der Waals surface area contributed by atoms with Crippen LogP contribution < -0.4 is 10.2 Å². The summed E-state index contributed by atoms with van der Waals surface area (Å²) in [5.41, 5.74) is 1.33. The van der Waals surface area contributed by atoms with Crippen molar-refractivity contribution in [2.45, 2.75) is 55.5 Å². The predicted molar refractivity (Wildman–Crippen MR) is 125 cm³/mol. The number of carbonyl (C=O) groups is 2. The van der Waals surface area contributed by atoms with Gasteiger partial charge in [0.15, 0.2) is 5.16 Å². The lowest BCUT2D eigenvalue weighted by Crippen LogP contribution is -2.60. The zero-order valence-electron chi connectivity index (χ0n) is 18.3. The molecule has 1 aromatic heterocycles. The molecule has 1 saturated carbocycles. The quantitative estimate of drug-likeness (QED) is 0.587. The fourth-order valence-corrected chi connectivity index (χ4v) is 4.93. The van der Waals surface area contributed by atoms with Gasteiger partial charge in [-0.25, -0.2) is 0 Å². The van der Waals surface area contributed by atoms with Gasteiger partial charge in [-0.1, -0.05) is 42.1 Å². The molecule has 1 atom stereocenters. The molecule has 1 fully saturated rings. The minimum Gasteiger partial charge on any atom is -0.322 e. The number of hydrogen-bond acceptors (Lipinski definition) is 5. The van der Waals surface area contributed by atoms with Gasteiger partial charge in [0.25, 0.3) is 0 Å². The molecular formula is C24H25N5O2S. The average molecular weight is 448 g/mol. The van der Waals surface area contributed by atoms with E-state index in [1.165, 1.54) is 11.8 Å². The normalized spacial score (nSPS) is 18.1. The van der Waals surface area contributed by atoms with Gasteiger partial charge < -0.3 is 5.32 Å². The number of carbonyl (C=O) groups excluding carboxylic acids is 2. The molecule has 2 aliphatic rings.